The minimum Gasteiger partial charge on any atom is -0.390 e. The highest BCUT2D eigenvalue weighted by Crippen LogP contribution is 2.43. The van der Waals surface area contributed by atoms with Gasteiger partial charge in [0.2, 0.25) is 11.9 Å². The van der Waals surface area contributed by atoms with Gasteiger partial charge >= 0.3 is 0 Å². The zero-order chi connectivity index (χ0) is 34.4. The molecule has 2 aromatic heterocycles. The number of carbonyl (C=O) groups excluding carboxylic acids is 1. The molecule has 4 atom stereocenters. The van der Waals surface area contributed by atoms with Gasteiger partial charge in [-0.3, -0.25) is 4.79 Å². The number of aromatic nitrogens is 3. The van der Waals surface area contributed by atoms with Crippen molar-refractivity contribution >= 4 is 55.5 Å². The number of hydrogen-bond donors (Lipinski definition) is 3. The summed E-state index contributed by atoms with van der Waals surface area (Å²) in [5.74, 6) is 0.421. The number of hydrogen-bond acceptors (Lipinski definition) is 11. The first-order chi connectivity index (χ1) is 22.8. The minimum absolute atomic E-state index is 0.0177. The number of ether oxygens (including phenoxy) is 1. The molecule has 14 heteroatoms. The first kappa shape index (κ1) is 34.0. The molecule has 3 saturated heterocycles. The Balaban J connectivity index is 1.32. The molecule has 0 aliphatic carbocycles. The number of halogens is 1. The quantitative estimate of drug-likeness (QED) is 0.277. The normalized spacial score (nSPS) is 25.9. The molecule has 3 aliphatic rings. The molecule has 0 radical (unpaired) electrons. The molecule has 0 spiro atoms. The third-order valence-corrected chi connectivity index (χ3v) is 12.1. The highest BCUT2D eigenvalue weighted by atomic mass is 32.2. The molecule has 3 aromatic rings. The van der Waals surface area contributed by atoms with Crippen LogP contribution in [0.3, 0.4) is 0 Å². The average Bonchev–Trinajstić information content (AvgIpc) is 3.02. The van der Waals surface area contributed by atoms with Crippen molar-refractivity contribution in [3.05, 3.63) is 48.8 Å². The third-order valence-electron chi connectivity index (χ3n) is 9.83. The van der Waals surface area contributed by atoms with E-state index >= 15 is 0 Å². The van der Waals surface area contributed by atoms with Gasteiger partial charge in [-0.05, 0) is 50.3 Å². The molecule has 1 aromatic carbocycles. The molecule has 3 fully saturated rings. The Labute approximate surface area is 280 Å². The molecule has 258 valence electrons. The first-order valence-electron chi connectivity index (χ1n) is 16.4. The Morgan fingerprint density at radius 2 is 2.00 bits per heavy atom. The van der Waals surface area contributed by atoms with Gasteiger partial charge in [-0.2, -0.15) is 0 Å². The number of piperidine rings is 1. The summed E-state index contributed by atoms with van der Waals surface area (Å²) in [6, 6.07) is 5.52. The van der Waals surface area contributed by atoms with Gasteiger partial charge in [0.05, 0.1) is 34.8 Å². The van der Waals surface area contributed by atoms with E-state index in [4.69, 9.17) is 9.72 Å². The van der Waals surface area contributed by atoms with Gasteiger partial charge in [0, 0.05) is 79.1 Å². The van der Waals surface area contributed by atoms with Gasteiger partial charge in [-0.15, -0.1) is 0 Å². The Hall–Kier alpha value is -3.88. The van der Waals surface area contributed by atoms with Crippen LogP contribution in [-0.2, 0) is 19.4 Å². The summed E-state index contributed by atoms with van der Waals surface area (Å²) in [6.45, 7) is 11.1. The van der Waals surface area contributed by atoms with Crippen molar-refractivity contribution in [2.75, 3.05) is 59.5 Å². The summed E-state index contributed by atoms with van der Waals surface area (Å²) in [4.78, 5) is 30.6. The number of carbonyl (C=O) groups is 1. The second kappa shape index (κ2) is 13.2. The van der Waals surface area contributed by atoms with Crippen LogP contribution in [0.2, 0.25) is 0 Å². The number of amides is 1. The van der Waals surface area contributed by atoms with E-state index < -0.39 is 33.0 Å². The number of rotatable bonds is 9. The lowest BCUT2D eigenvalue weighted by atomic mass is 9.86. The Bertz CT molecular complexity index is 1810. The molecule has 12 nitrogen and oxygen atoms in total. The average molecular weight is 682 g/mol. The number of fused-ring (bicyclic) bond motifs is 1. The molecule has 2 unspecified atom stereocenters. The topological polar surface area (TPSA) is 150 Å². The van der Waals surface area contributed by atoms with E-state index in [9.17, 15) is 22.7 Å². The zero-order valence-electron chi connectivity index (χ0n) is 27.8. The van der Waals surface area contributed by atoms with Gasteiger partial charge in [-0.25, -0.2) is 27.8 Å². The van der Waals surface area contributed by atoms with Crippen molar-refractivity contribution in [2.45, 2.75) is 69.1 Å². The summed E-state index contributed by atoms with van der Waals surface area (Å²) in [7, 11) is -1.79. The predicted molar refractivity (Wildman–Crippen MR) is 186 cm³/mol. The van der Waals surface area contributed by atoms with Crippen molar-refractivity contribution in [1.82, 2.24) is 15.0 Å². The number of pyridine rings is 1. The highest BCUT2D eigenvalue weighted by molar-refractivity contribution is 7.92. The maximum Gasteiger partial charge on any atom is 0.247 e. The smallest absolute Gasteiger partial charge is 0.247 e. The van der Waals surface area contributed by atoms with Gasteiger partial charge in [-0.1, -0.05) is 20.4 Å². The van der Waals surface area contributed by atoms with Crippen molar-refractivity contribution in [2.24, 2.45) is 5.92 Å². The van der Waals surface area contributed by atoms with Crippen LogP contribution in [0.15, 0.2) is 43.2 Å². The largest absolute Gasteiger partial charge is 0.390 e. The van der Waals surface area contributed by atoms with Crippen LogP contribution in [0.5, 0.6) is 0 Å². The predicted octanol–water partition coefficient (Wildman–Crippen LogP) is 4.34. The van der Waals surface area contributed by atoms with Crippen LogP contribution in [0.4, 0.5) is 33.2 Å². The SMILES string of the molecule is C=CC(=O)Nc1cc(N2CC(C3CC(C)(O)CCS3(=O)=O)C2)c2cnc(Nc3ccnc(N4CC[C@@H](OC)[C@@H](F)C4)c3)nc2c1C(C)C. The molecule has 48 heavy (non-hydrogen) atoms. The van der Waals surface area contributed by atoms with Crippen molar-refractivity contribution in [3.8, 4) is 0 Å². The van der Waals surface area contributed by atoms with Gasteiger partial charge in [0.25, 0.3) is 0 Å². The number of aliphatic hydroxyl groups is 1. The van der Waals surface area contributed by atoms with E-state index in [0.29, 0.717) is 54.7 Å². The fourth-order valence-electron chi connectivity index (χ4n) is 7.12. The van der Waals surface area contributed by atoms with E-state index in [-0.39, 0.29) is 42.9 Å². The lowest BCUT2D eigenvalue weighted by Crippen LogP contribution is -2.57. The summed E-state index contributed by atoms with van der Waals surface area (Å²) < 4.78 is 45.8. The maximum absolute atomic E-state index is 14.6. The molecule has 6 rings (SSSR count). The summed E-state index contributed by atoms with van der Waals surface area (Å²) in [5.41, 5.74) is 2.51. The van der Waals surface area contributed by atoms with Crippen molar-refractivity contribution in [1.29, 1.82) is 0 Å². The van der Waals surface area contributed by atoms with Gasteiger partial charge in [0.15, 0.2) is 9.84 Å². The van der Waals surface area contributed by atoms with E-state index in [1.165, 1.54) is 13.2 Å². The lowest BCUT2D eigenvalue weighted by Gasteiger charge is -2.48. The standard InChI is InChI=1S/C34H44FN7O5S/c1-6-30(43)39-25-14-26(42-17-21(18-42)28-15-34(4,44)9-12-48(28,45)46)23-16-37-33(40-32(23)31(25)20(2)3)38-22-7-10-36-29(13-22)41-11-8-27(47-5)24(35)19-41/h6-7,10,13-14,16,20-21,24,27-28,44H,1,8-9,11-12,15,17-19H2,2-5H3,(H,39,43)(H,36,37,38,40)/t24-,27+,28?,34?/m0/s1. The number of sulfone groups is 1. The minimum atomic E-state index is -3.32. The van der Waals surface area contributed by atoms with Crippen LogP contribution in [-0.4, -0.2) is 96.6 Å². The number of alkyl halides is 1. The van der Waals surface area contributed by atoms with Crippen LogP contribution in [0, 0.1) is 5.92 Å². The zero-order valence-corrected chi connectivity index (χ0v) is 28.6. The number of methoxy groups -OCH3 is 1. The van der Waals surface area contributed by atoms with Crippen LogP contribution in [0.25, 0.3) is 10.9 Å². The summed E-state index contributed by atoms with van der Waals surface area (Å²) in [5, 5.41) is 17.0. The third kappa shape index (κ3) is 6.83. The van der Waals surface area contributed by atoms with Crippen molar-refractivity contribution < 1.29 is 27.4 Å². The Kier molecular flexibility index (Phi) is 9.35. The number of anilines is 5. The van der Waals surface area contributed by atoms with E-state index in [1.54, 1.807) is 25.4 Å². The molecule has 5 heterocycles. The maximum atomic E-state index is 14.6. The lowest BCUT2D eigenvalue weighted by molar-refractivity contribution is -0.111. The summed E-state index contributed by atoms with van der Waals surface area (Å²) in [6.07, 6.45) is 4.09. The van der Waals surface area contributed by atoms with Crippen LogP contribution in [0.1, 0.15) is 51.5 Å². The van der Waals surface area contributed by atoms with Crippen LogP contribution >= 0.6 is 0 Å². The van der Waals surface area contributed by atoms with Crippen LogP contribution < -0.4 is 20.4 Å². The Morgan fingerprint density at radius 1 is 1.23 bits per heavy atom. The molecule has 1 amide bonds. The molecule has 3 aliphatic heterocycles. The van der Waals surface area contributed by atoms with Gasteiger partial charge < -0.3 is 30.3 Å². The first-order valence-corrected chi connectivity index (χ1v) is 18.1. The fourth-order valence-corrected chi connectivity index (χ4v) is 9.52. The Morgan fingerprint density at radius 3 is 2.69 bits per heavy atom. The molecular weight excluding hydrogens is 637 g/mol. The second-order valence-electron chi connectivity index (χ2n) is 13.7. The summed E-state index contributed by atoms with van der Waals surface area (Å²) >= 11 is 0. The molecule has 0 bridgehead atoms. The van der Waals surface area contributed by atoms with E-state index in [0.717, 1.165) is 16.6 Å². The van der Waals surface area contributed by atoms with E-state index in [1.807, 2.05) is 30.9 Å². The van der Waals surface area contributed by atoms with E-state index in [2.05, 4.69) is 32.1 Å². The fraction of sp³-hybridized carbons (Fsp3) is 0.529. The number of nitrogens with zero attached hydrogens (tertiary/aromatic N) is 5. The molecule has 0 saturated carbocycles. The van der Waals surface area contributed by atoms with Gasteiger partial charge in [0.1, 0.15) is 12.0 Å². The number of benzene rings is 1. The molecule has 3 N–H and O–H groups in total. The highest BCUT2D eigenvalue weighted by Gasteiger charge is 2.47. The number of nitrogens with one attached hydrogen (secondary N) is 2. The molecular formula is C34H44FN7O5S. The second-order valence-corrected chi connectivity index (χ2v) is 16.1. The monoisotopic (exact) mass is 681 g/mol. The van der Waals surface area contributed by atoms with Crippen molar-refractivity contribution in [3.63, 3.8) is 0 Å².